The summed E-state index contributed by atoms with van der Waals surface area (Å²) in [5.41, 5.74) is -0.190. The summed E-state index contributed by atoms with van der Waals surface area (Å²) >= 11 is 0. The van der Waals surface area contributed by atoms with E-state index in [1.165, 1.54) is 17.8 Å². The minimum atomic E-state index is -0.436. The number of aromatic nitrogens is 3. The van der Waals surface area contributed by atoms with E-state index < -0.39 is 11.2 Å². The standard InChI is InChI=1S/C18H25N5O3.2ClH/c1-4-9-23(13-5-7-19-8-6-13)16(24)12-10-14-15(20-11-12)21(2)18(26)22(3)17(14)25;;/h10-11,13,19H,4-9H2,1-3H3;2*1H. The number of carbonyl (C=O) groups excluding carboxylic acids is 1. The Kier molecular flexibility index (Phi) is 8.66. The molecule has 0 aromatic carbocycles. The number of aryl methyl sites for hydroxylation is 1. The van der Waals surface area contributed by atoms with Crippen molar-refractivity contribution in [2.75, 3.05) is 19.6 Å². The third-order valence-electron chi connectivity index (χ3n) is 5.02. The highest BCUT2D eigenvalue weighted by Crippen LogP contribution is 2.17. The fraction of sp³-hybridized carbons (Fsp3) is 0.556. The van der Waals surface area contributed by atoms with Gasteiger partial charge in [0, 0.05) is 32.9 Å². The molecule has 10 heteroatoms. The largest absolute Gasteiger partial charge is 0.336 e. The van der Waals surface area contributed by atoms with Crippen molar-refractivity contribution in [2.24, 2.45) is 14.1 Å². The first-order valence-electron chi connectivity index (χ1n) is 9.03. The topological polar surface area (TPSA) is 89.2 Å². The van der Waals surface area contributed by atoms with Crippen molar-refractivity contribution in [3.8, 4) is 0 Å². The first-order chi connectivity index (χ1) is 12.5. The zero-order valence-corrected chi connectivity index (χ0v) is 17.9. The van der Waals surface area contributed by atoms with Crippen molar-refractivity contribution in [2.45, 2.75) is 32.2 Å². The number of hydrogen-bond acceptors (Lipinski definition) is 5. The minimum Gasteiger partial charge on any atom is -0.336 e. The molecule has 1 amide bonds. The lowest BCUT2D eigenvalue weighted by molar-refractivity contribution is 0.0642. The second-order valence-electron chi connectivity index (χ2n) is 6.78. The van der Waals surface area contributed by atoms with Gasteiger partial charge in [-0.1, -0.05) is 6.92 Å². The number of fused-ring (bicyclic) bond motifs is 1. The van der Waals surface area contributed by atoms with Gasteiger partial charge in [0.25, 0.3) is 11.5 Å². The summed E-state index contributed by atoms with van der Waals surface area (Å²) < 4.78 is 2.36. The van der Waals surface area contributed by atoms with Gasteiger partial charge >= 0.3 is 5.69 Å². The van der Waals surface area contributed by atoms with E-state index in [1.54, 1.807) is 13.1 Å². The maximum atomic E-state index is 13.1. The molecule has 0 aliphatic carbocycles. The number of halogens is 2. The molecule has 2 aromatic rings. The molecule has 3 rings (SSSR count). The highest BCUT2D eigenvalue weighted by molar-refractivity contribution is 5.97. The van der Waals surface area contributed by atoms with Crippen molar-refractivity contribution in [3.63, 3.8) is 0 Å². The van der Waals surface area contributed by atoms with Crippen LogP contribution in [-0.2, 0) is 14.1 Å². The molecule has 1 fully saturated rings. The molecular weight excluding hydrogens is 405 g/mol. The lowest BCUT2D eigenvalue weighted by Crippen LogP contribution is -2.46. The van der Waals surface area contributed by atoms with Crippen LogP contribution in [0.5, 0.6) is 0 Å². The molecule has 1 aliphatic rings. The average molecular weight is 432 g/mol. The molecule has 0 spiro atoms. The SMILES string of the molecule is CCCN(C(=O)c1cnc2c(c1)c(=O)n(C)c(=O)n2C)C1CCNCC1.Cl.Cl. The third-order valence-corrected chi connectivity index (χ3v) is 5.02. The molecule has 1 aliphatic heterocycles. The smallest absolute Gasteiger partial charge is 0.332 e. The van der Waals surface area contributed by atoms with E-state index in [1.807, 2.05) is 11.8 Å². The predicted molar refractivity (Wildman–Crippen MR) is 114 cm³/mol. The lowest BCUT2D eigenvalue weighted by atomic mass is 10.0. The van der Waals surface area contributed by atoms with E-state index >= 15 is 0 Å². The van der Waals surface area contributed by atoms with E-state index in [-0.39, 0.29) is 42.1 Å². The van der Waals surface area contributed by atoms with Crippen LogP contribution in [0.25, 0.3) is 11.0 Å². The Bertz CT molecular complexity index is 951. The molecule has 3 heterocycles. The van der Waals surface area contributed by atoms with E-state index in [0.29, 0.717) is 17.8 Å². The van der Waals surface area contributed by atoms with Gasteiger partial charge in [-0.25, -0.2) is 9.78 Å². The minimum absolute atomic E-state index is 0. The molecule has 1 saturated heterocycles. The first kappa shape index (κ1) is 24.1. The number of piperidine rings is 1. The number of amides is 1. The van der Waals surface area contributed by atoms with Gasteiger partial charge in [0.1, 0.15) is 5.65 Å². The molecule has 0 bridgehead atoms. The van der Waals surface area contributed by atoms with Crippen molar-refractivity contribution in [1.82, 2.24) is 24.3 Å². The van der Waals surface area contributed by atoms with Gasteiger partial charge in [0.05, 0.1) is 10.9 Å². The van der Waals surface area contributed by atoms with Crippen LogP contribution in [0.2, 0.25) is 0 Å². The second-order valence-corrected chi connectivity index (χ2v) is 6.78. The van der Waals surface area contributed by atoms with Gasteiger partial charge in [0.2, 0.25) is 0 Å². The summed E-state index contributed by atoms with van der Waals surface area (Å²) in [4.78, 5) is 43.7. The number of nitrogens with zero attached hydrogens (tertiary/aromatic N) is 4. The molecule has 1 N–H and O–H groups in total. The third kappa shape index (κ3) is 4.39. The van der Waals surface area contributed by atoms with Gasteiger partial charge in [-0.3, -0.25) is 18.7 Å². The summed E-state index contributed by atoms with van der Waals surface area (Å²) in [6, 6.07) is 1.76. The van der Waals surface area contributed by atoms with Crippen LogP contribution in [0.1, 0.15) is 36.5 Å². The van der Waals surface area contributed by atoms with Crippen molar-refractivity contribution >= 4 is 41.8 Å². The van der Waals surface area contributed by atoms with Gasteiger partial charge in [-0.15, -0.1) is 24.8 Å². The van der Waals surface area contributed by atoms with Crippen molar-refractivity contribution in [3.05, 3.63) is 38.7 Å². The highest BCUT2D eigenvalue weighted by Gasteiger charge is 2.26. The number of hydrogen-bond donors (Lipinski definition) is 1. The van der Waals surface area contributed by atoms with Crippen LogP contribution < -0.4 is 16.6 Å². The Morgan fingerprint density at radius 1 is 1.21 bits per heavy atom. The summed E-state index contributed by atoms with van der Waals surface area (Å²) in [7, 11) is 2.99. The van der Waals surface area contributed by atoms with Crippen LogP contribution in [-0.4, -0.2) is 50.6 Å². The summed E-state index contributed by atoms with van der Waals surface area (Å²) in [5.74, 6) is -0.107. The highest BCUT2D eigenvalue weighted by atomic mass is 35.5. The number of nitrogens with one attached hydrogen (secondary N) is 1. The van der Waals surface area contributed by atoms with Crippen molar-refractivity contribution < 1.29 is 4.79 Å². The summed E-state index contributed by atoms with van der Waals surface area (Å²) in [5, 5.41) is 3.59. The van der Waals surface area contributed by atoms with Crippen LogP contribution in [0.15, 0.2) is 21.9 Å². The summed E-state index contributed by atoms with van der Waals surface area (Å²) in [6.45, 7) is 4.52. The fourth-order valence-corrected chi connectivity index (χ4v) is 3.56. The molecule has 0 unspecified atom stereocenters. The Morgan fingerprint density at radius 3 is 2.46 bits per heavy atom. The van der Waals surface area contributed by atoms with Crippen LogP contribution in [0.3, 0.4) is 0 Å². The molecule has 2 aromatic heterocycles. The van der Waals surface area contributed by atoms with Crippen LogP contribution >= 0.6 is 24.8 Å². The van der Waals surface area contributed by atoms with Gasteiger partial charge in [0.15, 0.2) is 0 Å². The van der Waals surface area contributed by atoms with E-state index in [4.69, 9.17) is 0 Å². The maximum absolute atomic E-state index is 13.1. The first-order valence-corrected chi connectivity index (χ1v) is 9.03. The second kappa shape index (κ2) is 10.0. The Balaban J connectivity index is 0.00000196. The molecule has 28 heavy (non-hydrogen) atoms. The Morgan fingerprint density at radius 2 is 1.86 bits per heavy atom. The quantitative estimate of drug-likeness (QED) is 0.781. The zero-order chi connectivity index (χ0) is 18.8. The van der Waals surface area contributed by atoms with Crippen molar-refractivity contribution in [1.29, 1.82) is 0 Å². The molecular formula is C18H27Cl2N5O3. The summed E-state index contributed by atoms with van der Waals surface area (Å²) in [6.07, 6.45) is 4.17. The van der Waals surface area contributed by atoms with Crippen LogP contribution in [0.4, 0.5) is 0 Å². The fourth-order valence-electron chi connectivity index (χ4n) is 3.56. The molecule has 8 nitrogen and oxygen atoms in total. The normalized spacial score (nSPS) is 14.2. The van der Waals surface area contributed by atoms with Gasteiger partial charge < -0.3 is 10.2 Å². The van der Waals surface area contributed by atoms with E-state index in [2.05, 4.69) is 10.3 Å². The number of pyridine rings is 1. The molecule has 0 saturated carbocycles. The average Bonchev–Trinajstić information content (AvgIpc) is 2.68. The van der Waals surface area contributed by atoms with Crippen LogP contribution in [0, 0.1) is 0 Å². The Labute approximate surface area is 175 Å². The zero-order valence-electron chi connectivity index (χ0n) is 16.3. The maximum Gasteiger partial charge on any atom is 0.332 e. The molecule has 0 atom stereocenters. The Hall–Kier alpha value is -1.90. The van der Waals surface area contributed by atoms with Gasteiger partial charge in [-0.05, 0) is 38.4 Å². The number of rotatable bonds is 4. The van der Waals surface area contributed by atoms with Gasteiger partial charge in [-0.2, -0.15) is 0 Å². The molecule has 156 valence electrons. The monoisotopic (exact) mass is 431 g/mol. The predicted octanol–water partition coefficient (Wildman–Crippen LogP) is 1.08. The number of carbonyl (C=O) groups is 1. The van der Waals surface area contributed by atoms with E-state index in [0.717, 1.165) is 36.9 Å². The lowest BCUT2D eigenvalue weighted by Gasteiger charge is -2.34. The van der Waals surface area contributed by atoms with E-state index in [9.17, 15) is 14.4 Å². The molecule has 0 radical (unpaired) electrons.